The van der Waals surface area contributed by atoms with E-state index < -0.39 is 0 Å². The number of likely N-dealkylation sites (tertiary alicyclic amines) is 1. The quantitative estimate of drug-likeness (QED) is 0.703. The van der Waals surface area contributed by atoms with E-state index in [4.69, 9.17) is 8.83 Å². The molecule has 1 aromatic carbocycles. The summed E-state index contributed by atoms with van der Waals surface area (Å²) in [7, 11) is 0. The number of carbonyl (C=O) groups excluding carboxylic acids is 1. The van der Waals surface area contributed by atoms with Gasteiger partial charge < -0.3 is 14.2 Å². The number of piperidine rings is 1. The summed E-state index contributed by atoms with van der Waals surface area (Å²) in [6, 6.07) is 9.68. The van der Waals surface area contributed by atoms with E-state index in [9.17, 15) is 9.18 Å². The van der Waals surface area contributed by atoms with Crippen LogP contribution >= 0.6 is 0 Å². The highest BCUT2D eigenvalue weighted by Gasteiger charge is 2.26. The van der Waals surface area contributed by atoms with E-state index in [0.29, 0.717) is 30.6 Å². The van der Waals surface area contributed by atoms with E-state index in [0.717, 1.165) is 31.5 Å². The fourth-order valence-electron chi connectivity index (χ4n) is 3.30. The molecule has 0 atom stereocenters. The maximum absolute atomic E-state index is 12.9. The van der Waals surface area contributed by atoms with Crippen molar-refractivity contribution in [3.63, 3.8) is 0 Å². The zero-order valence-corrected chi connectivity index (χ0v) is 15.3. The van der Waals surface area contributed by atoms with Crippen molar-refractivity contribution in [3.8, 4) is 11.7 Å². The maximum Gasteiger partial charge on any atom is 0.283 e. The van der Waals surface area contributed by atoms with Crippen molar-refractivity contribution in [3.05, 3.63) is 59.9 Å². The molecule has 2 aromatic heterocycles. The minimum Gasteiger partial charge on any atom is -0.459 e. The molecule has 3 heterocycles. The van der Waals surface area contributed by atoms with Crippen molar-refractivity contribution in [2.75, 3.05) is 19.6 Å². The number of nitrogens with one attached hydrogen (secondary N) is 1. The van der Waals surface area contributed by atoms with Gasteiger partial charge in [-0.25, -0.2) is 4.39 Å². The summed E-state index contributed by atoms with van der Waals surface area (Å²) < 4.78 is 23.9. The molecular formula is C20H21FN4O3. The average Bonchev–Trinajstić information content (AvgIpc) is 3.40. The monoisotopic (exact) mass is 384 g/mol. The normalized spacial score (nSPS) is 15.6. The number of rotatable bonds is 6. The van der Waals surface area contributed by atoms with Gasteiger partial charge >= 0.3 is 0 Å². The van der Waals surface area contributed by atoms with Crippen molar-refractivity contribution in [2.24, 2.45) is 0 Å². The largest absolute Gasteiger partial charge is 0.459 e. The fourth-order valence-corrected chi connectivity index (χ4v) is 3.30. The first-order valence-corrected chi connectivity index (χ1v) is 9.28. The van der Waals surface area contributed by atoms with Crippen molar-refractivity contribution in [2.45, 2.75) is 25.3 Å². The molecule has 146 valence electrons. The molecule has 8 heteroatoms. The molecule has 4 rings (SSSR count). The van der Waals surface area contributed by atoms with Crippen LogP contribution in [0.4, 0.5) is 4.39 Å². The van der Waals surface area contributed by atoms with Crippen LogP contribution in [-0.2, 0) is 11.3 Å². The van der Waals surface area contributed by atoms with Gasteiger partial charge in [-0.15, -0.1) is 10.2 Å². The number of hydrogen-bond acceptors (Lipinski definition) is 6. The zero-order chi connectivity index (χ0) is 19.3. The smallest absolute Gasteiger partial charge is 0.283 e. The standard InChI is InChI=1S/C20H21FN4O3/c21-16-5-3-14(4-6-16)12-22-18(26)13-25-9-7-15(8-10-25)19-23-24-20(28-19)17-2-1-11-27-17/h1-6,11,15H,7-10,12-13H2,(H,22,26). The first-order chi connectivity index (χ1) is 13.7. The molecule has 1 N–H and O–H groups in total. The van der Waals surface area contributed by atoms with Gasteiger partial charge in [-0.05, 0) is 55.8 Å². The number of amides is 1. The molecule has 1 aliphatic heterocycles. The Bertz CT molecular complexity index is 900. The Kier molecular flexibility index (Phi) is 5.48. The first kappa shape index (κ1) is 18.4. The summed E-state index contributed by atoms with van der Waals surface area (Å²) in [4.78, 5) is 14.3. The number of halogens is 1. The Hall–Kier alpha value is -3.00. The predicted molar refractivity (Wildman–Crippen MR) is 98.7 cm³/mol. The summed E-state index contributed by atoms with van der Waals surface area (Å²) in [5.74, 6) is 1.44. The molecule has 0 bridgehead atoms. The summed E-state index contributed by atoms with van der Waals surface area (Å²) >= 11 is 0. The van der Waals surface area contributed by atoms with Crippen LogP contribution in [0.2, 0.25) is 0 Å². The Morgan fingerprint density at radius 2 is 1.96 bits per heavy atom. The summed E-state index contributed by atoms with van der Waals surface area (Å²) in [5, 5.41) is 11.1. The van der Waals surface area contributed by atoms with Crippen LogP contribution in [0.3, 0.4) is 0 Å². The molecule has 0 aliphatic carbocycles. The van der Waals surface area contributed by atoms with Crippen LogP contribution in [0.15, 0.2) is 51.5 Å². The number of hydrogen-bond donors (Lipinski definition) is 1. The molecule has 0 spiro atoms. The highest BCUT2D eigenvalue weighted by Crippen LogP contribution is 2.29. The van der Waals surface area contributed by atoms with Crippen LogP contribution in [0.1, 0.15) is 30.2 Å². The number of benzene rings is 1. The SMILES string of the molecule is O=C(CN1CCC(c2nnc(-c3ccco3)o2)CC1)NCc1ccc(F)cc1. The number of aromatic nitrogens is 2. The molecule has 1 fully saturated rings. The minimum atomic E-state index is -0.282. The van der Waals surface area contributed by atoms with Gasteiger partial charge in [-0.2, -0.15) is 0 Å². The van der Waals surface area contributed by atoms with E-state index in [2.05, 4.69) is 20.4 Å². The summed E-state index contributed by atoms with van der Waals surface area (Å²) in [6.45, 7) is 2.31. The van der Waals surface area contributed by atoms with Gasteiger partial charge in [-0.3, -0.25) is 9.69 Å². The van der Waals surface area contributed by atoms with E-state index in [1.807, 2.05) is 0 Å². The van der Waals surface area contributed by atoms with Gasteiger partial charge in [0.1, 0.15) is 5.82 Å². The van der Waals surface area contributed by atoms with Crippen molar-refractivity contribution >= 4 is 5.91 Å². The lowest BCUT2D eigenvalue weighted by Gasteiger charge is -2.29. The van der Waals surface area contributed by atoms with Gasteiger partial charge in [0.2, 0.25) is 11.8 Å². The summed E-state index contributed by atoms with van der Waals surface area (Å²) in [5.41, 5.74) is 0.872. The second kappa shape index (κ2) is 8.35. The summed E-state index contributed by atoms with van der Waals surface area (Å²) in [6.07, 6.45) is 3.27. The predicted octanol–water partition coefficient (Wildman–Crippen LogP) is 2.96. The van der Waals surface area contributed by atoms with E-state index in [1.54, 1.807) is 30.5 Å². The Balaban J connectivity index is 1.23. The fraction of sp³-hybridized carbons (Fsp3) is 0.350. The van der Waals surface area contributed by atoms with E-state index in [-0.39, 0.29) is 17.6 Å². The van der Waals surface area contributed by atoms with E-state index in [1.165, 1.54) is 12.1 Å². The van der Waals surface area contributed by atoms with Crippen molar-refractivity contribution in [1.82, 2.24) is 20.4 Å². The van der Waals surface area contributed by atoms with Gasteiger partial charge in [-0.1, -0.05) is 12.1 Å². The molecular weight excluding hydrogens is 363 g/mol. The van der Waals surface area contributed by atoms with Crippen molar-refractivity contribution < 1.29 is 18.0 Å². The van der Waals surface area contributed by atoms with Gasteiger partial charge in [0, 0.05) is 12.5 Å². The Labute approximate surface area is 161 Å². The Morgan fingerprint density at radius 1 is 1.18 bits per heavy atom. The van der Waals surface area contributed by atoms with E-state index >= 15 is 0 Å². The van der Waals surface area contributed by atoms with Gasteiger partial charge in [0.25, 0.3) is 5.89 Å². The number of nitrogens with zero attached hydrogens (tertiary/aromatic N) is 3. The topological polar surface area (TPSA) is 84.4 Å². The lowest BCUT2D eigenvalue weighted by molar-refractivity contribution is -0.122. The average molecular weight is 384 g/mol. The second-order valence-corrected chi connectivity index (χ2v) is 6.88. The third-order valence-corrected chi connectivity index (χ3v) is 4.88. The lowest BCUT2D eigenvalue weighted by atomic mass is 9.97. The van der Waals surface area contributed by atoms with Gasteiger partial charge in [0.05, 0.1) is 12.8 Å². The van der Waals surface area contributed by atoms with Crippen LogP contribution in [-0.4, -0.2) is 40.6 Å². The molecule has 1 amide bonds. The third kappa shape index (κ3) is 4.45. The minimum absolute atomic E-state index is 0.0410. The van der Waals surface area contributed by atoms with Crippen LogP contribution in [0.5, 0.6) is 0 Å². The molecule has 0 radical (unpaired) electrons. The van der Waals surface area contributed by atoms with Crippen LogP contribution in [0.25, 0.3) is 11.7 Å². The van der Waals surface area contributed by atoms with Gasteiger partial charge in [0.15, 0.2) is 5.76 Å². The molecule has 0 unspecified atom stereocenters. The number of furan rings is 1. The zero-order valence-electron chi connectivity index (χ0n) is 15.3. The lowest BCUT2D eigenvalue weighted by Crippen LogP contribution is -2.41. The number of carbonyl (C=O) groups is 1. The molecule has 7 nitrogen and oxygen atoms in total. The third-order valence-electron chi connectivity index (χ3n) is 4.88. The Morgan fingerprint density at radius 3 is 2.68 bits per heavy atom. The molecule has 0 saturated carbocycles. The van der Waals surface area contributed by atoms with Crippen LogP contribution in [0, 0.1) is 5.82 Å². The molecule has 1 saturated heterocycles. The second-order valence-electron chi connectivity index (χ2n) is 6.88. The van der Waals surface area contributed by atoms with Crippen molar-refractivity contribution in [1.29, 1.82) is 0 Å². The molecule has 3 aromatic rings. The molecule has 1 aliphatic rings. The van der Waals surface area contributed by atoms with Crippen LogP contribution < -0.4 is 5.32 Å². The highest BCUT2D eigenvalue weighted by molar-refractivity contribution is 5.78. The first-order valence-electron chi connectivity index (χ1n) is 9.28. The highest BCUT2D eigenvalue weighted by atomic mass is 19.1. The maximum atomic E-state index is 12.9. The molecule has 28 heavy (non-hydrogen) atoms.